The quantitative estimate of drug-likeness (QED) is 0.506. The molecule has 0 unspecified atom stereocenters. The summed E-state index contributed by atoms with van der Waals surface area (Å²) < 4.78 is 3.39. The third-order valence-electron chi connectivity index (χ3n) is 5.34. The van der Waals surface area contributed by atoms with Crippen molar-refractivity contribution in [3.63, 3.8) is 0 Å². The highest BCUT2D eigenvalue weighted by Crippen LogP contribution is 2.19. The van der Waals surface area contributed by atoms with Crippen LogP contribution in [0.3, 0.4) is 0 Å². The Balaban J connectivity index is 2.60. The molecule has 1 aromatic carbocycles. The number of hydrogen-bond acceptors (Lipinski definition) is 2. The van der Waals surface area contributed by atoms with E-state index in [1.807, 2.05) is 22.8 Å². The molecule has 4 heteroatoms. The SMILES string of the molecule is CCCCCn1c(Cc2ccccc2)c(C(C)C)c(=O)n(CCCCC)c1=O. The van der Waals surface area contributed by atoms with Crippen LogP contribution in [0.15, 0.2) is 39.9 Å². The predicted molar refractivity (Wildman–Crippen MR) is 117 cm³/mol. The second-order valence-corrected chi connectivity index (χ2v) is 7.98. The maximum Gasteiger partial charge on any atom is 0.331 e. The lowest BCUT2D eigenvalue weighted by molar-refractivity contribution is 0.482. The topological polar surface area (TPSA) is 44.0 Å². The van der Waals surface area contributed by atoms with Crippen molar-refractivity contribution < 1.29 is 0 Å². The maximum absolute atomic E-state index is 13.3. The molecule has 0 fully saturated rings. The molecule has 154 valence electrons. The van der Waals surface area contributed by atoms with Crippen LogP contribution in [0, 0.1) is 0 Å². The highest BCUT2D eigenvalue weighted by atomic mass is 16.2. The first kappa shape index (κ1) is 22.2. The Hall–Kier alpha value is -2.10. The summed E-state index contributed by atoms with van der Waals surface area (Å²) in [5, 5.41) is 0. The van der Waals surface area contributed by atoms with Crippen molar-refractivity contribution in [2.75, 3.05) is 0 Å². The minimum atomic E-state index is -0.132. The number of nitrogens with zero attached hydrogens (tertiary/aromatic N) is 2. The van der Waals surface area contributed by atoms with E-state index in [9.17, 15) is 9.59 Å². The van der Waals surface area contributed by atoms with Crippen LogP contribution in [0.1, 0.15) is 89.0 Å². The molecule has 0 amide bonds. The van der Waals surface area contributed by atoms with Gasteiger partial charge in [0.1, 0.15) is 0 Å². The molecule has 1 aromatic heterocycles. The molecular weight excluding hydrogens is 348 g/mol. The maximum atomic E-state index is 13.3. The van der Waals surface area contributed by atoms with Gasteiger partial charge in [-0.25, -0.2) is 4.79 Å². The van der Waals surface area contributed by atoms with Crippen molar-refractivity contribution in [2.24, 2.45) is 0 Å². The summed E-state index contributed by atoms with van der Waals surface area (Å²) in [5.41, 5.74) is 2.62. The highest BCUT2D eigenvalue weighted by molar-refractivity contribution is 5.29. The van der Waals surface area contributed by atoms with E-state index in [1.165, 1.54) is 4.57 Å². The van der Waals surface area contributed by atoms with E-state index >= 15 is 0 Å². The van der Waals surface area contributed by atoms with Crippen molar-refractivity contribution in [3.05, 3.63) is 68.0 Å². The van der Waals surface area contributed by atoms with Crippen LogP contribution in [0.4, 0.5) is 0 Å². The Morgan fingerprint density at radius 2 is 1.39 bits per heavy atom. The van der Waals surface area contributed by atoms with Crippen molar-refractivity contribution in [3.8, 4) is 0 Å². The standard InChI is InChI=1S/C24H36N2O2/c1-5-7-12-16-25-21(18-20-14-10-9-11-15-20)22(19(3)4)23(27)26(24(25)28)17-13-8-6-2/h9-11,14-15,19H,5-8,12-13,16-18H2,1-4H3. The molecule has 0 radical (unpaired) electrons. The van der Waals surface area contributed by atoms with Crippen molar-refractivity contribution in [1.82, 2.24) is 9.13 Å². The van der Waals surface area contributed by atoms with Crippen LogP contribution in [0.5, 0.6) is 0 Å². The first-order valence-electron chi connectivity index (χ1n) is 10.9. The monoisotopic (exact) mass is 384 g/mol. The van der Waals surface area contributed by atoms with Gasteiger partial charge >= 0.3 is 5.69 Å². The Kier molecular flexibility index (Phi) is 8.75. The summed E-state index contributed by atoms with van der Waals surface area (Å²) >= 11 is 0. The minimum absolute atomic E-state index is 0.0849. The number of hydrogen-bond donors (Lipinski definition) is 0. The molecule has 0 bridgehead atoms. The normalized spacial score (nSPS) is 11.3. The molecular formula is C24H36N2O2. The fourth-order valence-corrected chi connectivity index (χ4v) is 3.79. The van der Waals surface area contributed by atoms with E-state index in [1.54, 1.807) is 0 Å². The Morgan fingerprint density at radius 3 is 1.93 bits per heavy atom. The van der Waals surface area contributed by atoms with Crippen molar-refractivity contribution in [1.29, 1.82) is 0 Å². The Labute approximate surface area is 169 Å². The molecule has 0 saturated carbocycles. The Morgan fingerprint density at radius 1 is 0.821 bits per heavy atom. The van der Waals surface area contributed by atoms with E-state index in [0.717, 1.165) is 55.3 Å². The zero-order chi connectivity index (χ0) is 20.5. The van der Waals surface area contributed by atoms with Crippen LogP contribution < -0.4 is 11.2 Å². The third kappa shape index (κ3) is 5.46. The van der Waals surface area contributed by atoms with Crippen LogP contribution in [-0.2, 0) is 19.5 Å². The van der Waals surface area contributed by atoms with Gasteiger partial charge in [-0.05, 0) is 24.3 Å². The average molecular weight is 385 g/mol. The van der Waals surface area contributed by atoms with Gasteiger partial charge in [-0.2, -0.15) is 0 Å². The van der Waals surface area contributed by atoms with Gasteiger partial charge in [0.15, 0.2) is 0 Å². The zero-order valence-corrected chi connectivity index (χ0v) is 18.0. The van der Waals surface area contributed by atoms with Crippen molar-refractivity contribution in [2.45, 2.75) is 91.6 Å². The lowest BCUT2D eigenvalue weighted by Crippen LogP contribution is -2.44. The third-order valence-corrected chi connectivity index (χ3v) is 5.34. The largest absolute Gasteiger partial charge is 0.331 e. The fraction of sp³-hybridized carbons (Fsp3) is 0.583. The van der Waals surface area contributed by atoms with E-state index in [-0.39, 0.29) is 17.2 Å². The molecule has 2 aromatic rings. The van der Waals surface area contributed by atoms with Crippen LogP contribution in [-0.4, -0.2) is 9.13 Å². The van der Waals surface area contributed by atoms with Gasteiger partial charge in [-0.1, -0.05) is 83.7 Å². The van der Waals surface area contributed by atoms with Gasteiger partial charge in [0.2, 0.25) is 0 Å². The van der Waals surface area contributed by atoms with Gasteiger partial charge in [0.25, 0.3) is 5.56 Å². The van der Waals surface area contributed by atoms with Crippen molar-refractivity contribution >= 4 is 0 Å². The number of rotatable bonds is 11. The van der Waals surface area contributed by atoms with E-state index in [4.69, 9.17) is 0 Å². The molecule has 0 aliphatic heterocycles. The lowest BCUT2D eigenvalue weighted by Gasteiger charge is -2.21. The number of aromatic nitrogens is 2. The molecule has 1 heterocycles. The summed E-state index contributed by atoms with van der Waals surface area (Å²) in [4.78, 5) is 26.6. The minimum Gasteiger partial charge on any atom is -0.297 e. The van der Waals surface area contributed by atoms with Gasteiger partial charge < -0.3 is 0 Å². The Bertz CT molecular complexity index is 847. The molecule has 28 heavy (non-hydrogen) atoms. The van der Waals surface area contributed by atoms with E-state index in [0.29, 0.717) is 19.5 Å². The van der Waals surface area contributed by atoms with Gasteiger partial charge in [-0.15, -0.1) is 0 Å². The van der Waals surface area contributed by atoms with Gasteiger partial charge in [-0.3, -0.25) is 13.9 Å². The second-order valence-electron chi connectivity index (χ2n) is 7.98. The first-order chi connectivity index (χ1) is 13.5. The van der Waals surface area contributed by atoms with E-state index in [2.05, 4.69) is 39.8 Å². The number of unbranched alkanes of at least 4 members (excludes halogenated alkanes) is 4. The smallest absolute Gasteiger partial charge is 0.297 e. The van der Waals surface area contributed by atoms with Gasteiger partial charge in [0.05, 0.1) is 0 Å². The predicted octanol–water partition coefficient (Wildman–Crippen LogP) is 5.10. The molecule has 2 rings (SSSR count). The molecule has 0 aliphatic carbocycles. The first-order valence-corrected chi connectivity index (χ1v) is 10.9. The second kappa shape index (κ2) is 11.0. The van der Waals surface area contributed by atoms with Gasteiger partial charge in [0, 0.05) is 30.8 Å². The zero-order valence-electron chi connectivity index (χ0n) is 18.0. The van der Waals surface area contributed by atoms with Crippen LogP contribution >= 0.6 is 0 Å². The highest BCUT2D eigenvalue weighted by Gasteiger charge is 2.21. The molecule has 0 aliphatic rings. The lowest BCUT2D eigenvalue weighted by atomic mass is 9.97. The summed E-state index contributed by atoms with van der Waals surface area (Å²) in [6, 6.07) is 10.1. The van der Waals surface area contributed by atoms with E-state index < -0.39 is 0 Å². The molecule has 0 spiro atoms. The molecule has 0 saturated heterocycles. The fourth-order valence-electron chi connectivity index (χ4n) is 3.79. The molecule has 0 atom stereocenters. The summed E-state index contributed by atoms with van der Waals surface area (Å²) in [5.74, 6) is 0.0849. The van der Waals surface area contributed by atoms with Crippen LogP contribution in [0.2, 0.25) is 0 Å². The average Bonchev–Trinajstić information content (AvgIpc) is 2.67. The molecule has 4 nitrogen and oxygen atoms in total. The summed E-state index contributed by atoms with van der Waals surface area (Å²) in [7, 11) is 0. The summed E-state index contributed by atoms with van der Waals surface area (Å²) in [6.45, 7) is 9.62. The molecule has 0 N–H and O–H groups in total. The van der Waals surface area contributed by atoms with Crippen LogP contribution in [0.25, 0.3) is 0 Å². The number of benzene rings is 1. The summed E-state index contributed by atoms with van der Waals surface area (Å²) in [6.07, 6.45) is 6.76.